The van der Waals surface area contributed by atoms with Crippen LogP contribution < -0.4 is 4.90 Å². The van der Waals surface area contributed by atoms with Crippen LogP contribution in [0.1, 0.15) is 24.2 Å². The molecule has 100 valence electrons. The number of halogens is 1. The third kappa shape index (κ3) is 3.31. The highest BCUT2D eigenvalue weighted by molar-refractivity contribution is 5.57. The second-order valence-corrected chi connectivity index (χ2v) is 4.29. The van der Waals surface area contributed by atoms with Crippen LogP contribution in [-0.2, 0) is 0 Å². The molecule has 18 heavy (non-hydrogen) atoms. The molecule has 3 nitrogen and oxygen atoms in total. The Morgan fingerprint density at radius 2 is 2.17 bits per heavy atom. The Hall–Kier alpha value is -1.39. The summed E-state index contributed by atoms with van der Waals surface area (Å²) in [5.74, 6) is -0.336. The number of benzene rings is 1. The monoisotopic (exact) mass is 253 g/mol. The van der Waals surface area contributed by atoms with Gasteiger partial charge in [0.05, 0.1) is 12.7 Å². The summed E-state index contributed by atoms with van der Waals surface area (Å²) in [4.78, 5) is 1.86. The third-order valence-corrected chi connectivity index (χ3v) is 2.82. The Labute approximate surface area is 107 Å². The van der Waals surface area contributed by atoms with Crippen LogP contribution in [0.15, 0.2) is 24.8 Å². The molecule has 0 aliphatic carbocycles. The molecule has 2 N–H and O–H groups in total. The van der Waals surface area contributed by atoms with E-state index in [9.17, 15) is 9.50 Å². The fraction of sp³-hybridized carbons (Fsp3) is 0.429. The van der Waals surface area contributed by atoms with E-state index in [1.165, 1.54) is 6.07 Å². The van der Waals surface area contributed by atoms with Crippen molar-refractivity contribution in [1.29, 1.82) is 0 Å². The number of hydrogen-bond donors (Lipinski definition) is 2. The van der Waals surface area contributed by atoms with Crippen LogP contribution in [0, 0.1) is 12.7 Å². The normalized spacial score (nSPS) is 12.3. The van der Waals surface area contributed by atoms with E-state index in [0.717, 1.165) is 5.69 Å². The van der Waals surface area contributed by atoms with Crippen molar-refractivity contribution in [2.45, 2.75) is 20.0 Å². The standard InChI is InChI=1S/C14H20FNO2/c1-4-5-16(6-7-17)14-8-10(2)13(15)9-12(14)11(3)18/h4,8-9,11,17-18H,1,5-7H2,2-3H3/t11-/m1/s1. The highest BCUT2D eigenvalue weighted by Gasteiger charge is 2.16. The Bertz CT molecular complexity index is 419. The minimum atomic E-state index is -0.763. The first kappa shape index (κ1) is 14.7. The second-order valence-electron chi connectivity index (χ2n) is 4.29. The zero-order valence-corrected chi connectivity index (χ0v) is 10.9. The van der Waals surface area contributed by atoms with Gasteiger partial charge in [0.2, 0.25) is 0 Å². The van der Waals surface area contributed by atoms with E-state index >= 15 is 0 Å². The predicted molar refractivity (Wildman–Crippen MR) is 71.3 cm³/mol. The van der Waals surface area contributed by atoms with Crippen molar-refractivity contribution in [3.8, 4) is 0 Å². The summed E-state index contributed by atoms with van der Waals surface area (Å²) in [7, 11) is 0. The molecule has 1 atom stereocenters. The largest absolute Gasteiger partial charge is 0.395 e. The van der Waals surface area contributed by atoms with Gasteiger partial charge in [-0.05, 0) is 31.5 Å². The number of aliphatic hydroxyl groups is 2. The summed E-state index contributed by atoms with van der Waals surface area (Å²) < 4.78 is 13.6. The van der Waals surface area contributed by atoms with Gasteiger partial charge in [-0.1, -0.05) is 6.08 Å². The lowest BCUT2D eigenvalue weighted by Crippen LogP contribution is -2.28. The van der Waals surface area contributed by atoms with Gasteiger partial charge in [0.1, 0.15) is 5.82 Å². The smallest absolute Gasteiger partial charge is 0.126 e. The molecule has 1 rings (SSSR count). The maximum atomic E-state index is 13.6. The van der Waals surface area contributed by atoms with Crippen molar-refractivity contribution in [3.05, 3.63) is 41.7 Å². The lowest BCUT2D eigenvalue weighted by molar-refractivity contribution is 0.199. The van der Waals surface area contributed by atoms with E-state index in [-0.39, 0.29) is 12.4 Å². The Balaban J connectivity index is 3.25. The van der Waals surface area contributed by atoms with Gasteiger partial charge in [-0.15, -0.1) is 6.58 Å². The molecular weight excluding hydrogens is 233 g/mol. The summed E-state index contributed by atoms with van der Waals surface area (Å²) in [6, 6.07) is 3.04. The zero-order valence-electron chi connectivity index (χ0n) is 10.9. The molecule has 0 radical (unpaired) electrons. The summed E-state index contributed by atoms with van der Waals surface area (Å²) in [6.07, 6.45) is 0.946. The number of anilines is 1. The highest BCUT2D eigenvalue weighted by atomic mass is 19.1. The van der Waals surface area contributed by atoms with Crippen molar-refractivity contribution in [3.63, 3.8) is 0 Å². The topological polar surface area (TPSA) is 43.7 Å². The second kappa shape index (κ2) is 6.52. The van der Waals surface area contributed by atoms with E-state index in [4.69, 9.17) is 5.11 Å². The van der Waals surface area contributed by atoms with E-state index in [2.05, 4.69) is 6.58 Å². The fourth-order valence-electron chi connectivity index (χ4n) is 1.88. The van der Waals surface area contributed by atoms with Crippen molar-refractivity contribution in [1.82, 2.24) is 0 Å². The first-order chi connectivity index (χ1) is 8.51. The first-order valence-corrected chi connectivity index (χ1v) is 5.96. The quantitative estimate of drug-likeness (QED) is 0.764. The van der Waals surface area contributed by atoms with Gasteiger partial charge in [0, 0.05) is 24.3 Å². The minimum absolute atomic E-state index is 0.0104. The van der Waals surface area contributed by atoms with Gasteiger partial charge in [-0.2, -0.15) is 0 Å². The molecule has 4 heteroatoms. The van der Waals surface area contributed by atoms with Gasteiger partial charge in [0.25, 0.3) is 0 Å². The van der Waals surface area contributed by atoms with Gasteiger partial charge in [-0.25, -0.2) is 4.39 Å². The molecule has 1 aromatic carbocycles. The Kier molecular flexibility index (Phi) is 5.31. The number of aryl methyl sites for hydroxylation is 1. The average molecular weight is 253 g/mol. The summed E-state index contributed by atoms with van der Waals surface area (Å²) in [6.45, 7) is 7.87. The van der Waals surface area contributed by atoms with Gasteiger partial charge in [0.15, 0.2) is 0 Å². The van der Waals surface area contributed by atoms with E-state index < -0.39 is 6.10 Å². The fourth-order valence-corrected chi connectivity index (χ4v) is 1.88. The lowest BCUT2D eigenvalue weighted by atomic mass is 10.0. The van der Waals surface area contributed by atoms with Crippen molar-refractivity contribution in [2.75, 3.05) is 24.6 Å². The number of hydrogen-bond acceptors (Lipinski definition) is 3. The maximum Gasteiger partial charge on any atom is 0.126 e. The van der Waals surface area contributed by atoms with Crippen molar-refractivity contribution < 1.29 is 14.6 Å². The van der Waals surface area contributed by atoms with Crippen LogP contribution in [-0.4, -0.2) is 29.9 Å². The Morgan fingerprint density at radius 3 is 2.67 bits per heavy atom. The summed E-state index contributed by atoms with van der Waals surface area (Å²) >= 11 is 0. The zero-order chi connectivity index (χ0) is 13.7. The Morgan fingerprint density at radius 1 is 1.50 bits per heavy atom. The van der Waals surface area contributed by atoms with E-state index in [0.29, 0.717) is 24.2 Å². The van der Waals surface area contributed by atoms with Crippen LogP contribution in [0.4, 0.5) is 10.1 Å². The first-order valence-electron chi connectivity index (χ1n) is 5.96. The SMILES string of the molecule is C=CCN(CCO)c1cc(C)c(F)cc1[C@@H](C)O. The van der Waals surface area contributed by atoms with E-state index in [1.54, 1.807) is 26.0 Å². The molecule has 0 saturated carbocycles. The minimum Gasteiger partial charge on any atom is -0.395 e. The number of aliphatic hydroxyl groups excluding tert-OH is 2. The number of rotatable bonds is 6. The van der Waals surface area contributed by atoms with Crippen LogP contribution in [0.5, 0.6) is 0 Å². The molecule has 0 amide bonds. The molecule has 0 saturated heterocycles. The molecule has 0 spiro atoms. The van der Waals surface area contributed by atoms with E-state index in [1.807, 2.05) is 4.90 Å². The molecule has 1 aromatic rings. The highest BCUT2D eigenvalue weighted by Crippen LogP contribution is 2.29. The average Bonchev–Trinajstić information content (AvgIpc) is 2.31. The molecule has 0 unspecified atom stereocenters. The molecule has 0 aliphatic rings. The third-order valence-electron chi connectivity index (χ3n) is 2.82. The molecule has 0 fully saturated rings. The number of nitrogens with zero attached hydrogens (tertiary/aromatic N) is 1. The molecule has 0 bridgehead atoms. The maximum absolute atomic E-state index is 13.6. The van der Waals surface area contributed by atoms with Gasteiger partial charge < -0.3 is 15.1 Å². The van der Waals surface area contributed by atoms with Crippen LogP contribution in [0.2, 0.25) is 0 Å². The summed E-state index contributed by atoms with van der Waals surface area (Å²) in [5, 5.41) is 18.8. The molecule has 0 heterocycles. The van der Waals surface area contributed by atoms with Crippen LogP contribution in [0.25, 0.3) is 0 Å². The van der Waals surface area contributed by atoms with Crippen molar-refractivity contribution >= 4 is 5.69 Å². The molecule has 0 aromatic heterocycles. The predicted octanol–water partition coefficient (Wildman–Crippen LogP) is 2.17. The summed E-state index contributed by atoms with van der Waals surface area (Å²) in [5.41, 5.74) is 1.77. The van der Waals surface area contributed by atoms with Gasteiger partial charge >= 0.3 is 0 Å². The molecule has 0 aliphatic heterocycles. The lowest BCUT2D eigenvalue weighted by Gasteiger charge is -2.26. The van der Waals surface area contributed by atoms with Crippen LogP contribution >= 0.6 is 0 Å². The molecular formula is C14H20FNO2. The van der Waals surface area contributed by atoms with Crippen LogP contribution in [0.3, 0.4) is 0 Å². The van der Waals surface area contributed by atoms with Gasteiger partial charge in [-0.3, -0.25) is 0 Å². The van der Waals surface area contributed by atoms with Crippen molar-refractivity contribution in [2.24, 2.45) is 0 Å².